The molecule has 0 saturated carbocycles. The van der Waals surface area contributed by atoms with E-state index in [1.54, 1.807) is 24.3 Å². The largest absolute Gasteiger partial charge is 0.416 e. The van der Waals surface area contributed by atoms with Gasteiger partial charge in [-0.25, -0.2) is 0 Å². The van der Waals surface area contributed by atoms with Gasteiger partial charge in [0.2, 0.25) is 0 Å². The Morgan fingerprint density at radius 1 is 0.950 bits per heavy atom. The standard InChI is InChI=1S/C14H10ClF3N2/c15-12-5-7-13(8-6-12)20-19-9-10-1-3-11(4-2-10)14(16,17)18/h1-9,20H. The predicted molar refractivity (Wildman–Crippen MR) is 74.1 cm³/mol. The minimum Gasteiger partial charge on any atom is -0.279 e. The van der Waals surface area contributed by atoms with Gasteiger partial charge in [-0.15, -0.1) is 0 Å². The normalized spacial score (nSPS) is 11.8. The van der Waals surface area contributed by atoms with Crippen LogP contribution in [0.2, 0.25) is 5.02 Å². The van der Waals surface area contributed by atoms with Crippen LogP contribution in [-0.4, -0.2) is 6.21 Å². The van der Waals surface area contributed by atoms with E-state index in [1.165, 1.54) is 18.3 Å². The van der Waals surface area contributed by atoms with Gasteiger partial charge in [0.05, 0.1) is 17.5 Å². The number of anilines is 1. The fourth-order valence-corrected chi connectivity index (χ4v) is 1.59. The molecule has 0 radical (unpaired) electrons. The monoisotopic (exact) mass is 298 g/mol. The Morgan fingerprint density at radius 2 is 1.55 bits per heavy atom. The average molecular weight is 299 g/mol. The summed E-state index contributed by atoms with van der Waals surface area (Å²) in [6.07, 6.45) is -2.88. The van der Waals surface area contributed by atoms with E-state index in [0.717, 1.165) is 17.8 Å². The molecule has 0 heterocycles. The molecule has 2 aromatic rings. The van der Waals surface area contributed by atoms with E-state index in [4.69, 9.17) is 11.6 Å². The maximum atomic E-state index is 12.4. The smallest absolute Gasteiger partial charge is 0.279 e. The maximum absolute atomic E-state index is 12.4. The van der Waals surface area contributed by atoms with E-state index in [1.807, 2.05) is 0 Å². The topological polar surface area (TPSA) is 24.4 Å². The Balaban J connectivity index is 1.99. The third-order valence-corrected chi connectivity index (χ3v) is 2.74. The van der Waals surface area contributed by atoms with Gasteiger partial charge in [0.25, 0.3) is 0 Å². The second kappa shape index (κ2) is 5.96. The number of benzene rings is 2. The van der Waals surface area contributed by atoms with Crippen molar-refractivity contribution in [1.82, 2.24) is 0 Å². The first-order chi connectivity index (χ1) is 9.45. The number of nitrogens with one attached hydrogen (secondary N) is 1. The van der Waals surface area contributed by atoms with Gasteiger partial charge in [0.1, 0.15) is 0 Å². The summed E-state index contributed by atoms with van der Waals surface area (Å²) in [6, 6.07) is 11.6. The lowest BCUT2D eigenvalue weighted by molar-refractivity contribution is -0.137. The van der Waals surface area contributed by atoms with E-state index < -0.39 is 11.7 Å². The molecule has 6 heteroatoms. The summed E-state index contributed by atoms with van der Waals surface area (Å²) in [5.41, 5.74) is 3.38. The zero-order valence-corrected chi connectivity index (χ0v) is 10.9. The molecule has 2 rings (SSSR count). The predicted octanol–water partition coefficient (Wildman–Crippen LogP) is 4.80. The zero-order chi connectivity index (χ0) is 14.6. The molecule has 0 unspecified atom stereocenters. The number of hydrogen-bond acceptors (Lipinski definition) is 2. The molecule has 0 amide bonds. The Labute approximate surface area is 118 Å². The Hall–Kier alpha value is -2.01. The van der Waals surface area contributed by atoms with Gasteiger partial charge in [-0.3, -0.25) is 5.43 Å². The van der Waals surface area contributed by atoms with Gasteiger partial charge in [-0.2, -0.15) is 18.3 Å². The first-order valence-corrected chi connectivity index (χ1v) is 6.05. The number of hydrazone groups is 1. The van der Waals surface area contributed by atoms with E-state index in [-0.39, 0.29) is 0 Å². The lowest BCUT2D eigenvalue weighted by Crippen LogP contribution is -2.04. The van der Waals surface area contributed by atoms with E-state index in [0.29, 0.717) is 10.6 Å². The first kappa shape index (κ1) is 14.4. The fraction of sp³-hybridized carbons (Fsp3) is 0.0714. The Kier molecular flexibility index (Phi) is 4.29. The van der Waals surface area contributed by atoms with Crippen LogP contribution >= 0.6 is 11.6 Å². The highest BCUT2D eigenvalue weighted by Gasteiger charge is 2.29. The molecule has 2 nitrogen and oxygen atoms in total. The molecule has 104 valence electrons. The van der Waals surface area contributed by atoms with Crippen molar-refractivity contribution in [1.29, 1.82) is 0 Å². The molecule has 0 aromatic heterocycles. The third kappa shape index (κ3) is 3.99. The SMILES string of the molecule is FC(F)(F)c1ccc(C=NNc2ccc(Cl)cc2)cc1. The van der Waals surface area contributed by atoms with Crippen LogP contribution in [0.15, 0.2) is 53.6 Å². The Morgan fingerprint density at radius 3 is 2.10 bits per heavy atom. The van der Waals surface area contributed by atoms with Crippen molar-refractivity contribution in [2.75, 3.05) is 5.43 Å². The quantitative estimate of drug-likeness (QED) is 0.638. The van der Waals surface area contributed by atoms with Crippen molar-refractivity contribution in [2.24, 2.45) is 5.10 Å². The van der Waals surface area contributed by atoms with Crippen molar-refractivity contribution >= 4 is 23.5 Å². The van der Waals surface area contributed by atoms with Crippen molar-refractivity contribution in [3.8, 4) is 0 Å². The highest BCUT2D eigenvalue weighted by molar-refractivity contribution is 6.30. The summed E-state index contributed by atoms with van der Waals surface area (Å²) >= 11 is 5.74. The lowest BCUT2D eigenvalue weighted by atomic mass is 10.1. The van der Waals surface area contributed by atoms with Crippen LogP contribution in [0.25, 0.3) is 0 Å². The minimum atomic E-state index is -4.32. The number of rotatable bonds is 3. The molecule has 20 heavy (non-hydrogen) atoms. The van der Waals surface area contributed by atoms with E-state index >= 15 is 0 Å². The molecule has 0 fully saturated rings. The summed E-state index contributed by atoms with van der Waals surface area (Å²) in [5, 5.41) is 4.55. The van der Waals surface area contributed by atoms with Crippen LogP contribution in [0.3, 0.4) is 0 Å². The summed E-state index contributed by atoms with van der Waals surface area (Å²) < 4.78 is 37.1. The van der Waals surface area contributed by atoms with Crippen molar-refractivity contribution in [2.45, 2.75) is 6.18 Å². The molecular weight excluding hydrogens is 289 g/mol. The molecule has 0 bridgehead atoms. The van der Waals surface area contributed by atoms with Crippen molar-refractivity contribution < 1.29 is 13.2 Å². The minimum absolute atomic E-state index is 0.569. The fourth-order valence-electron chi connectivity index (χ4n) is 1.46. The second-order valence-electron chi connectivity index (χ2n) is 4.00. The van der Waals surface area contributed by atoms with Gasteiger partial charge >= 0.3 is 6.18 Å². The number of hydrogen-bond donors (Lipinski definition) is 1. The van der Waals surface area contributed by atoms with Crippen molar-refractivity contribution in [3.63, 3.8) is 0 Å². The molecule has 0 aliphatic carbocycles. The van der Waals surface area contributed by atoms with Crippen molar-refractivity contribution in [3.05, 3.63) is 64.7 Å². The highest BCUT2D eigenvalue weighted by atomic mass is 35.5. The van der Waals surface area contributed by atoms with Gasteiger partial charge < -0.3 is 0 Å². The second-order valence-corrected chi connectivity index (χ2v) is 4.43. The summed E-state index contributed by atoms with van der Waals surface area (Å²) in [5.74, 6) is 0. The molecule has 0 aliphatic heterocycles. The summed E-state index contributed by atoms with van der Waals surface area (Å²) in [4.78, 5) is 0. The number of halogens is 4. The molecular formula is C14H10ClF3N2. The highest BCUT2D eigenvalue weighted by Crippen LogP contribution is 2.28. The first-order valence-electron chi connectivity index (χ1n) is 5.67. The average Bonchev–Trinajstić information content (AvgIpc) is 2.41. The van der Waals surface area contributed by atoms with Crippen LogP contribution in [0.5, 0.6) is 0 Å². The third-order valence-electron chi connectivity index (χ3n) is 2.49. The van der Waals surface area contributed by atoms with E-state index in [9.17, 15) is 13.2 Å². The lowest BCUT2D eigenvalue weighted by Gasteiger charge is -2.05. The van der Waals surface area contributed by atoms with Crippen LogP contribution < -0.4 is 5.43 Å². The van der Waals surface area contributed by atoms with Gasteiger partial charge in [0, 0.05) is 5.02 Å². The van der Waals surface area contributed by atoms with Gasteiger partial charge in [-0.05, 0) is 42.0 Å². The molecule has 0 atom stereocenters. The Bertz CT molecular complexity index is 589. The molecule has 1 N–H and O–H groups in total. The maximum Gasteiger partial charge on any atom is 0.416 e. The summed E-state index contributed by atoms with van der Waals surface area (Å²) in [6.45, 7) is 0. The van der Waals surface area contributed by atoms with Gasteiger partial charge in [-0.1, -0.05) is 23.7 Å². The molecule has 2 aromatic carbocycles. The molecule has 0 aliphatic rings. The number of nitrogens with zero attached hydrogens (tertiary/aromatic N) is 1. The van der Waals surface area contributed by atoms with Crippen LogP contribution in [-0.2, 0) is 6.18 Å². The van der Waals surface area contributed by atoms with E-state index in [2.05, 4.69) is 10.5 Å². The van der Waals surface area contributed by atoms with Crippen LogP contribution in [0.4, 0.5) is 18.9 Å². The zero-order valence-electron chi connectivity index (χ0n) is 10.2. The van der Waals surface area contributed by atoms with Gasteiger partial charge in [0.15, 0.2) is 0 Å². The number of alkyl halides is 3. The van der Waals surface area contributed by atoms with Crippen LogP contribution in [0.1, 0.15) is 11.1 Å². The van der Waals surface area contributed by atoms with Crippen LogP contribution in [0, 0.1) is 0 Å². The molecule has 0 saturated heterocycles. The summed E-state index contributed by atoms with van der Waals surface area (Å²) in [7, 11) is 0. The molecule has 0 spiro atoms.